The average molecular weight is 319 g/mol. The summed E-state index contributed by atoms with van der Waals surface area (Å²) in [7, 11) is 1.94. The highest BCUT2D eigenvalue weighted by atomic mass is 15.2. The molecule has 4 aromatic rings. The number of hydrogen-bond acceptors (Lipinski definition) is 1. The fourth-order valence-electron chi connectivity index (χ4n) is 2.88. The molecule has 3 aromatic heterocycles. The Balaban J connectivity index is 0.000000143. The van der Waals surface area contributed by atoms with Crippen LogP contribution in [0.25, 0.3) is 16.4 Å². The molecule has 0 unspecified atom stereocenters. The molecule has 3 heteroatoms. The molecule has 0 bridgehead atoms. The van der Waals surface area contributed by atoms with Crippen LogP contribution in [-0.2, 0) is 7.05 Å². The van der Waals surface area contributed by atoms with Crippen LogP contribution in [0.4, 0.5) is 0 Å². The number of hydrogen-bond donors (Lipinski definition) is 0. The molecule has 0 saturated carbocycles. The van der Waals surface area contributed by atoms with Crippen LogP contribution in [0.3, 0.4) is 0 Å². The molecular formula is C21H25N3. The van der Waals surface area contributed by atoms with E-state index in [1.807, 2.05) is 24.0 Å². The van der Waals surface area contributed by atoms with Crippen LogP contribution in [0.1, 0.15) is 36.5 Å². The first kappa shape index (κ1) is 16.3. The van der Waals surface area contributed by atoms with Gasteiger partial charge in [-0.15, -0.1) is 0 Å². The Labute approximate surface area is 143 Å². The van der Waals surface area contributed by atoms with E-state index in [0.29, 0.717) is 5.92 Å². The molecule has 124 valence electrons. The summed E-state index contributed by atoms with van der Waals surface area (Å²) in [5.41, 5.74) is 6.34. The standard InChI is InChI=1S/C12H15N.C9H10N2/c1-9(2)11-4-5-12-6-10(3)7-13(12)8-11;1-7-3-4-9-8(5-7)6-11(2)10-9/h4-9H,1-3H3;3-6H,1-2H3. The molecule has 0 amide bonds. The molecule has 0 saturated heterocycles. The van der Waals surface area contributed by atoms with Crippen molar-refractivity contribution in [1.29, 1.82) is 0 Å². The lowest BCUT2D eigenvalue weighted by Gasteiger charge is -2.05. The third-order valence-corrected chi connectivity index (χ3v) is 4.19. The topological polar surface area (TPSA) is 22.2 Å². The minimum Gasteiger partial charge on any atom is -0.323 e. The van der Waals surface area contributed by atoms with Gasteiger partial charge in [0.25, 0.3) is 0 Å². The lowest BCUT2D eigenvalue weighted by atomic mass is 10.1. The van der Waals surface area contributed by atoms with Crippen LogP contribution in [0.15, 0.2) is 55.0 Å². The SMILES string of the molecule is Cc1cc2ccc(C(C)C)cn2c1.Cc1ccc2nn(C)cc2c1. The van der Waals surface area contributed by atoms with E-state index in [2.05, 4.69) is 79.9 Å². The molecular weight excluding hydrogens is 294 g/mol. The van der Waals surface area contributed by atoms with Crippen molar-refractivity contribution in [3.05, 3.63) is 71.7 Å². The fourth-order valence-corrected chi connectivity index (χ4v) is 2.88. The highest BCUT2D eigenvalue weighted by Gasteiger charge is 2.00. The van der Waals surface area contributed by atoms with Crippen molar-refractivity contribution >= 4 is 16.4 Å². The first-order chi connectivity index (χ1) is 11.4. The van der Waals surface area contributed by atoms with Crippen LogP contribution < -0.4 is 0 Å². The van der Waals surface area contributed by atoms with E-state index in [1.165, 1.54) is 27.6 Å². The Morgan fingerprint density at radius 1 is 0.875 bits per heavy atom. The van der Waals surface area contributed by atoms with Gasteiger partial charge in [0.2, 0.25) is 0 Å². The zero-order chi connectivity index (χ0) is 17.3. The van der Waals surface area contributed by atoms with Crippen LogP contribution in [0.2, 0.25) is 0 Å². The second-order valence-electron chi connectivity index (χ2n) is 6.83. The number of fused-ring (bicyclic) bond motifs is 2. The number of benzene rings is 1. The number of rotatable bonds is 1. The smallest absolute Gasteiger partial charge is 0.0923 e. The minimum absolute atomic E-state index is 0.604. The third-order valence-electron chi connectivity index (χ3n) is 4.19. The molecule has 0 spiro atoms. The van der Waals surface area contributed by atoms with Crippen molar-refractivity contribution in [2.24, 2.45) is 7.05 Å². The zero-order valence-corrected chi connectivity index (χ0v) is 15.1. The van der Waals surface area contributed by atoms with Gasteiger partial charge in [-0.3, -0.25) is 4.68 Å². The molecule has 3 heterocycles. The highest BCUT2D eigenvalue weighted by molar-refractivity contribution is 5.78. The lowest BCUT2D eigenvalue weighted by Crippen LogP contribution is -1.90. The summed E-state index contributed by atoms with van der Waals surface area (Å²) in [4.78, 5) is 0. The summed E-state index contributed by atoms with van der Waals surface area (Å²) in [6.07, 6.45) is 6.41. The van der Waals surface area contributed by atoms with Gasteiger partial charge in [-0.2, -0.15) is 5.10 Å². The van der Waals surface area contributed by atoms with Crippen molar-refractivity contribution in [3.63, 3.8) is 0 Å². The van der Waals surface area contributed by atoms with E-state index >= 15 is 0 Å². The van der Waals surface area contributed by atoms with Crippen molar-refractivity contribution in [3.8, 4) is 0 Å². The summed E-state index contributed by atoms with van der Waals surface area (Å²) < 4.78 is 4.04. The van der Waals surface area contributed by atoms with Crippen LogP contribution in [0, 0.1) is 13.8 Å². The Kier molecular flexibility index (Phi) is 4.43. The molecule has 0 fully saturated rings. The fraction of sp³-hybridized carbons (Fsp3) is 0.286. The highest BCUT2D eigenvalue weighted by Crippen LogP contribution is 2.17. The molecule has 0 aliphatic heterocycles. The summed E-state index contributed by atoms with van der Waals surface area (Å²) in [6.45, 7) is 8.66. The summed E-state index contributed by atoms with van der Waals surface area (Å²) >= 11 is 0. The molecule has 3 nitrogen and oxygen atoms in total. The van der Waals surface area contributed by atoms with Gasteiger partial charge in [-0.05, 0) is 55.2 Å². The largest absolute Gasteiger partial charge is 0.323 e. The van der Waals surface area contributed by atoms with Gasteiger partial charge < -0.3 is 4.40 Å². The van der Waals surface area contributed by atoms with Gasteiger partial charge >= 0.3 is 0 Å². The van der Waals surface area contributed by atoms with Crippen LogP contribution in [-0.4, -0.2) is 14.2 Å². The molecule has 1 aromatic carbocycles. The number of nitrogens with zero attached hydrogens (tertiary/aromatic N) is 3. The molecule has 0 N–H and O–H groups in total. The van der Waals surface area contributed by atoms with E-state index in [1.54, 1.807) is 0 Å². The maximum Gasteiger partial charge on any atom is 0.0923 e. The molecule has 24 heavy (non-hydrogen) atoms. The lowest BCUT2D eigenvalue weighted by molar-refractivity contribution is 0.780. The zero-order valence-electron chi connectivity index (χ0n) is 15.1. The predicted octanol–water partition coefficient (Wildman–Crippen LogP) is 5.25. The van der Waals surface area contributed by atoms with E-state index in [-0.39, 0.29) is 0 Å². The van der Waals surface area contributed by atoms with Gasteiger partial charge in [0.15, 0.2) is 0 Å². The van der Waals surface area contributed by atoms with E-state index in [9.17, 15) is 0 Å². The van der Waals surface area contributed by atoms with Crippen molar-refractivity contribution in [1.82, 2.24) is 14.2 Å². The summed E-state index contributed by atoms with van der Waals surface area (Å²) in [5, 5.41) is 5.49. The number of aryl methyl sites for hydroxylation is 3. The van der Waals surface area contributed by atoms with Crippen molar-refractivity contribution in [2.75, 3.05) is 0 Å². The van der Waals surface area contributed by atoms with Gasteiger partial charge in [-0.1, -0.05) is 31.5 Å². The Bertz CT molecular complexity index is 973. The van der Waals surface area contributed by atoms with Crippen LogP contribution in [0.5, 0.6) is 0 Å². The van der Waals surface area contributed by atoms with E-state index < -0.39 is 0 Å². The Morgan fingerprint density at radius 2 is 1.67 bits per heavy atom. The number of pyridine rings is 1. The Morgan fingerprint density at radius 3 is 2.42 bits per heavy atom. The predicted molar refractivity (Wildman–Crippen MR) is 102 cm³/mol. The molecule has 0 radical (unpaired) electrons. The van der Waals surface area contributed by atoms with Crippen molar-refractivity contribution < 1.29 is 0 Å². The normalized spacial score (nSPS) is 11.1. The van der Waals surface area contributed by atoms with Gasteiger partial charge in [0, 0.05) is 36.5 Å². The first-order valence-electron chi connectivity index (χ1n) is 8.40. The third kappa shape index (κ3) is 3.51. The van der Waals surface area contributed by atoms with Gasteiger partial charge in [0.1, 0.15) is 0 Å². The molecule has 0 aliphatic rings. The first-order valence-corrected chi connectivity index (χ1v) is 8.40. The maximum absolute atomic E-state index is 4.27. The summed E-state index contributed by atoms with van der Waals surface area (Å²) in [5.74, 6) is 0.604. The van der Waals surface area contributed by atoms with Gasteiger partial charge in [-0.25, -0.2) is 0 Å². The average Bonchev–Trinajstić information content (AvgIpc) is 3.06. The van der Waals surface area contributed by atoms with Crippen LogP contribution >= 0.6 is 0 Å². The molecule has 4 rings (SSSR count). The molecule has 0 atom stereocenters. The van der Waals surface area contributed by atoms with E-state index in [4.69, 9.17) is 0 Å². The second kappa shape index (κ2) is 6.52. The maximum atomic E-state index is 4.27. The molecule has 0 aliphatic carbocycles. The van der Waals surface area contributed by atoms with E-state index in [0.717, 1.165) is 5.52 Å². The van der Waals surface area contributed by atoms with Crippen molar-refractivity contribution in [2.45, 2.75) is 33.6 Å². The number of aromatic nitrogens is 3. The van der Waals surface area contributed by atoms with Gasteiger partial charge in [0.05, 0.1) is 5.52 Å². The minimum atomic E-state index is 0.604. The monoisotopic (exact) mass is 319 g/mol. The second-order valence-corrected chi connectivity index (χ2v) is 6.83. The Hall–Kier alpha value is -2.55. The summed E-state index contributed by atoms with van der Waals surface area (Å²) in [6, 6.07) is 12.9. The quantitative estimate of drug-likeness (QED) is 0.469.